The van der Waals surface area contributed by atoms with Crippen LogP contribution in [0.1, 0.15) is 24.2 Å². The Morgan fingerprint density at radius 1 is 0.821 bits per heavy atom. The molecule has 3 rings (SSSR count). The van der Waals surface area contributed by atoms with Gasteiger partial charge in [0.2, 0.25) is 0 Å². The average Bonchev–Trinajstić information content (AvgIpc) is 2.69. The maximum absolute atomic E-state index is 12.5. The van der Waals surface area contributed by atoms with Gasteiger partial charge < -0.3 is 14.8 Å². The van der Waals surface area contributed by atoms with E-state index in [4.69, 9.17) is 9.47 Å². The Hall–Kier alpha value is -3.60. The van der Waals surface area contributed by atoms with Crippen molar-refractivity contribution in [3.05, 3.63) is 84.4 Å². The second-order valence-corrected chi connectivity index (χ2v) is 6.28. The van der Waals surface area contributed by atoms with Crippen LogP contribution >= 0.6 is 0 Å². The summed E-state index contributed by atoms with van der Waals surface area (Å²) in [5.74, 6) is 1.44. The number of rotatable bonds is 7. The predicted molar refractivity (Wildman–Crippen MR) is 108 cm³/mol. The van der Waals surface area contributed by atoms with Gasteiger partial charge in [0.15, 0.2) is 11.9 Å². The Morgan fingerprint density at radius 2 is 1.50 bits per heavy atom. The molecule has 0 heterocycles. The van der Waals surface area contributed by atoms with Crippen LogP contribution in [0.4, 0.5) is 5.69 Å². The molecule has 0 saturated heterocycles. The molecule has 0 spiro atoms. The molecule has 1 atom stereocenters. The molecule has 0 saturated carbocycles. The van der Waals surface area contributed by atoms with Gasteiger partial charge in [-0.25, -0.2) is 0 Å². The smallest absolute Gasteiger partial charge is 0.265 e. The first kappa shape index (κ1) is 19.2. The van der Waals surface area contributed by atoms with Gasteiger partial charge in [-0.05, 0) is 50.2 Å². The van der Waals surface area contributed by atoms with E-state index in [2.05, 4.69) is 5.32 Å². The number of Topliss-reactive ketones (excluding diaryl/α,β-unsaturated/α-hetero) is 1. The van der Waals surface area contributed by atoms with Gasteiger partial charge in [-0.3, -0.25) is 9.59 Å². The van der Waals surface area contributed by atoms with E-state index in [9.17, 15) is 9.59 Å². The highest BCUT2D eigenvalue weighted by Gasteiger charge is 2.16. The summed E-state index contributed by atoms with van der Waals surface area (Å²) in [7, 11) is 0. The van der Waals surface area contributed by atoms with Crippen LogP contribution in [0.15, 0.2) is 78.9 Å². The van der Waals surface area contributed by atoms with E-state index < -0.39 is 6.10 Å². The van der Waals surface area contributed by atoms with Crippen molar-refractivity contribution < 1.29 is 19.1 Å². The second-order valence-electron chi connectivity index (χ2n) is 6.28. The molecule has 3 aromatic carbocycles. The van der Waals surface area contributed by atoms with E-state index in [-0.39, 0.29) is 11.7 Å². The van der Waals surface area contributed by atoms with Crippen LogP contribution in [0.3, 0.4) is 0 Å². The Bertz CT molecular complexity index is 969. The normalized spacial score (nSPS) is 11.4. The van der Waals surface area contributed by atoms with Crippen molar-refractivity contribution >= 4 is 17.4 Å². The van der Waals surface area contributed by atoms with Gasteiger partial charge in [0.05, 0.1) is 0 Å². The van der Waals surface area contributed by atoms with Crippen molar-refractivity contribution in [1.29, 1.82) is 0 Å². The van der Waals surface area contributed by atoms with Crippen molar-refractivity contribution in [3.63, 3.8) is 0 Å². The van der Waals surface area contributed by atoms with Crippen LogP contribution in [0.2, 0.25) is 0 Å². The largest absolute Gasteiger partial charge is 0.481 e. The Labute approximate surface area is 163 Å². The molecule has 0 aromatic heterocycles. The zero-order valence-corrected chi connectivity index (χ0v) is 15.7. The molecular formula is C23H21NO4. The van der Waals surface area contributed by atoms with Crippen LogP contribution in [0.5, 0.6) is 17.2 Å². The van der Waals surface area contributed by atoms with Gasteiger partial charge in [-0.1, -0.05) is 36.4 Å². The summed E-state index contributed by atoms with van der Waals surface area (Å²) in [5, 5.41) is 2.81. The first-order valence-electron chi connectivity index (χ1n) is 8.93. The minimum absolute atomic E-state index is 0.0576. The van der Waals surface area contributed by atoms with E-state index in [1.54, 1.807) is 49.4 Å². The van der Waals surface area contributed by atoms with E-state index >= 15 is 0 Å². The molecule has 3 aromatic rings. The Balaban J connectivity index is 1.63. The van der Waals surface area contributed by atoms with Crippen molar-refractivity contribution in [3.8, 4) is 17.2 Å². The standard InChI is InChI=1S/C23H21NO4/c1-16(25)18-8-6-12-21(14-18)27-17(2)23(26)24-19-9-7-13-22(15-19)28-20-10-4-3-5-11-20/h3-15,17H,1-2H3,(H,24,26). The van der Waals surface area contributed by atoms with Gasteiger partial charge in [0, 0.05) is 17.3 Å². The van der Waals surface area contributed by atoms with Crippen LogP contribution < -0.4 is 14.8 Å². The van der Waals surface area contributed by atoms with Crippen molar-refractivity contribution in [2.45, 2.75) is 20.0 Å². The molecule has 0 aliphatic rings. The number of nitrogens with one attached hydrogen (secondary N) is 1. The summed E-state index contributed by atoms with van der Waals surface area (Å²) >= 11 is 0. The topological polar surface area (TPSA) is 64.6 Å². The van der Waals surface area contributed by atoms with Gasteiger partial charge in [0.25, 0.3) is 5.91 Å². The number of hydrogen-bond donors (Lipinski definition) is 1. The van der Waals surface area contributed by atoms with Crippen LogP contribution in [0, 0.1) is 0 Å². The van der Waals surface area contributed by atoms with E-state index in [1.807, 2.05) is 36.4 Å². The Morgan fingerprint density at radius 3 is 2.25 bits per heavy atom. The zero-order chi connectivity index (χ0) is 19.9. The number of hydrogen-bond acceptors (Lipinski definition) is 4. The highest BCUT2D eigenvalue weighted by molar-refractivity contribution is 5.95. The van der Waals surface area contributed by atoms with Crippen molar-refractivity contribution in [2.24, 2.45) is 0 Å². The molecule has 5 nitrogen and oxygen atoms in total. The number of ketones is 1. The first-order valence-corrected chi connectivity index (χ1v) is 8.93. The summed E-state index contributed by atoms with van der Waals surface area (Å²) in [6.07, 6.45) is -0.735. The Kier molecular flexibility index (Phi) is 6.07. The van der Waals surface area contributed by atoms with Crippen LogP contribution in [0.25, 0.3) is 0 Å². The SMILES string of the molecule is CC(=O)c1cccc(OC(C)C(=O)Nc2cccc(Oc3ccccc3)c2)c1. The van der Waals surface area contributed by atoms with E-state index in [0.29, 0.717) is 28.5 Å². The minimum atomic E-state index is -0.735. The van der Waals surface area contributed by atoms with Gasteiger partial charge in [-0.15, -0.1) is 0 Å². The molecule has 142 valence electrons. The number of benzene rings is 3. The fraction of sp³-hybridized carbons (Fsp3) is 0.130. The lowest BCUT2D eigenvalue weighted by molar-refractivity contribution is -0.122. The molecule has 0 radical (unpaired) electrons. The van der Waals surface area contributed by atoms with Crippen LogP contribution in [-0.4, -0.2) is 17.8 Å². The highest BCUT2D eigenvalue weighted by Crippen LogP contribution is 2.24. The second kappa shape index (κ2) is 8.86. The summed E-state index contributed by atoms with van der Waals surface area (Å²) < 4.78 is 11.4. The minimum Gasteiger partial charge on any atom is -0.481 e. The number of carbonyl (C=O) groups excluding carboxylic acids is 2. The summed E-state index contributed by atoms with van der Waals surface area (Å²) in [6.45, 7) is 3.14. The fourth-order valence-electron chi connectivity index (χ4n) is 2.55. The van der Waals surface area contributed by atoms with Gasteiger partial charge >= 0.3 is 0 Å². The monoisotopic (exact) mass is 375 g/mol. The molecule has 0 fully saturated rings. The first-order chi connectivity index (χ1) is 13.5. The van der Waals surface area contributed by atoms with Crippen molar-refractivity contribution in [2.75, 3.05) is 5.32 Å². The molecule has 0 aliphatic carbocycles. The predicted octanol–water partition coefficient (Wildman–Crippen LogP) is 5.09. The lowest BCUT2D eigenvalue weighted by Gasteiger charge is -2.15. The number of carbonyl (C=O) groups is 2. The molecular weight excluding hydrogens is 354 g/mol. The lowest BCUT2D eigenvalue weighted by atomic mass is 10.1. The summed E-state index contributed by atoms with van der Waals surface area (Å²) in [4.78, 5) is 23.9. The number of amides is 1. The molecule has 0 bridgehead atoms. The number of para-hydroxylation sites is 1. The summed E-state index contributed by atoms with van der Waals surface area (Å²) in [6, 6.07) is 23.3. The zero-order valence-electron chi connectivity index (χ0n) is 15.7. The molecule has 1 amide bonds. The lowest BCUT2D eigenvalue weighted by Crippen LogP contribution is -2.30. The van der Waals surface area contributed by atoms with E-state index in [0.717, 1.165) is 0 Å². The van der Waals surface area contributed by atoms with Gasteiger partial charge in [0.1, 0.15) is 17.2 Å². The van der Waals surface area contributed by atoms with E-state index in [1.165, 1.54) is 6.92 Å². The fourth-order valence-corrected chi connectivity index (χ4v) is 2.55. The van der Waals surface area contributed by atoms with Gasteiger partial charge in [-0.2, -0.15) is 0 Å². The van der Waals surface area contributed by atoms with Crippen LogP contribution in [-0.2, 0) is 4.79 Å². The maximum atomic E-state index is 12.5. The molecule has 1 N–H and O–H groups in total. The number of ether oxygens (including phenoxy) is 2. The molecule has 5 heteroatoms. The quantitative estimate of drug-likeness (QED) is 0.584. The third-order valence-electron chi connectivity index (χ3n) is 4.00. The third kappa shape index (κ3) is 5.20. The maximum Gasteiger partial charge on any atom is 0.265 e. The van der Waals surface area contributed by atoms with Crippen molar-refractivity contribution in [1.82, 2.24) is 0 Å². The summed E-state index contributed by atoms with van der Waals surface area (Å²) in [5.41, 5.74) is 1.14. The molecule has 28 heavy (non-hydrogen) atoms. The highest BCUT2D eigenvalue weighted by atomic mass is 16.5. The average molecular weight is 375 g/mol. The third-order valence-corrected chi connectivity index (χ3v) is 4.00. The molecule has 0 aliphatic heterocycles. The molecule has 1 unspecified atom stereocenters. The number of anilines is 1.